The molecule has 0 bridgehead atoms. The van der Waals surface area contributed by atoms with Crippen LogP contribution in [0.2, 0.25) is 0 Å². The van der Waals surface area contributed by atoms with Gasteiger partial charge in [0.05, 0.1) is 26.4 Å². The smallest absolute Gasteiger partial charge is 0.228 e. The monoisotopic (exact) mass is 276 g/mol. The fourth-order valence-electron chi connectivity index (χ4n) is 2.15. The van der Waals surface area contributed by atoms with Crippen molar-refractivity contribution in [1.29, 1.82) is 0 Å². The Labute approximate surface area is 116 Å². The quantitative estimate of drug-likeness (QED) is 0.776. The molecule has 8 nitrogen and oxygen atoms in total. The second-order valence-electron chi connectivity index (χ2n) is 4.46. The van der Waals surface area contributed by atoms with Crippen LogP contribution in [0.1, 0.15) is 0 Å². The molecule has 8 heteroatoms. The lowest BCUT2D eigenvalue weighted by Gasteiger charge is -2.32. The largest absolute Gasteiger partial charge is 0.481 e. The van der Waals surface area contributed by atoms with Crippen LogP contribution in [0.4, 0.5) is 5.95 Å². The van der Waals surface area contributed by atoms with Crippen LogP contribution in [0.5, 0.6) is 5.88 Å². The van der Waals surface area contributed by atoms with Gasteiger partial charge in [0.15, 0.2) is 0 Å². The van der Waals surface area contributed by atoms with Gasteiger partial charge in [-0.15, -0.1) is 0 Å². The van der Waals surface area contributed by atoms with Crippen molar-refractivity contribution in [2.45, 2.75) is 12.6 Å². The first-order valence-electron chi connectivity index (χ1n) is 6.41. The lowest BCUT2D eigenvalue weighted by Crippen LogP contribution is -2.45. The molecular weight excluding hydrogens is 260 g/mol. The van der Waals surface area contributed by atoms with Gasteiger partial charge < -0.3 is 14.4 Å². The highest BCUT2D eigenvalue weighted by molar-refractivity contribution is 5.32. The molecule has 0 N–H and O–H groups in total. The van der Waals surface area contributed by atoms with Crippen molar-refractivity contribution in [3.05, 3.63) is 24.9 Å². The molecule has 1 saturated heterocycles. The summed E-state index contributed by atoms with van der Waals surface area (Å²) >= 11 is 0. The molecule has 0 aromatic carbocycles. The lowest BCUT2D eigenvalue weighted by molar-refractivity contribution is 0.0268. The van der Waals surface area contributed by atoms with Crippen LogP contribution in [-0.2, 0) is 11.3 Å². The first-order chi connectivity index (χ1) is 9.85. The summed E-state index contributed by atoms with van der Waals surface area (Å²) in [4.78, 5) is 14.7. The van der Waals surface area contributed by atoms with Crippen molar-refractivity contribution in [3.63, 3.8) is 0 Å². The number of hydrogen-bond acceptors (Lipinski definition) is 7. The maximum Gasteiger partial charge on any atom is 0.228 e. The molecule has 1 aliphatic rings. The Kier molecular flexibility index (Phi) is 3.73. The maximum absolute atomic E-state index is 5.74. The predicted octanol–water partition coefficient (Wildman–Crippen LogP) is -0.0179. The number of morpholine rings is 1. The van der Waals surface area contributed by atoms with Gasteiger partial charge in [-0.3, -0.25) is 4.68 Å². The van der Waals surface area contributed by atoms with E-state index < -0.39 is 0 Å². The third-order valence-electron chi connectivity index (χ3n) is 3.11. The number of nitrogens with zero attached hydrogens (tertiary/aromatic N) is 6. The maximum atomic E-state index is 5.74. The fraction of sp³-hybridized carbons (Fsp3) is 0.500. The van der Waals surface area contributed by atoms with Gasteiger partial charge in [-0.25, -0.2) is 9.97 Å². The van der Waals surface area contributed by atoms with Gasteiger partial charge in [0.2, 0.25) is 11.8 Å². The van der Waals surface area contributed by atoms with E-state index in [4.69, 9.17) is 9.47 Å². The van der Waals surface area contributed by atoms with Gasteiger partial charge in [-0.2, -0.15) is 10.1 Å². The highest BCUT2D eigenvalue weighted by Gasteiger charge is 2.23. The summed E-state index contributed by atoms with van der Waals surface area (Å²) < 4.78 is 12.6. The van der Waals surface area contributed by atoms with E-state index in [1.54, 1.807) is 30.4 Å². The van der Waals surface area contributed by atoms with Crippen LogP contribution in [0, 0.1) is 0 Å². The zero-order valence-corrected chi connectivity index (χ0v) is 11.2. The van der Waals surface area contributed by atoms with E-state index in [0.717, 1.165) is 6.54 Å². The molecule has 3 heterocycles. The summed E-state index contributed by atoms with van der Waals surface area (Å²) in [6.07, 6.45) is 4.94. The first-order valence-corrected chi connectivity index (χ1v) is 6.41. The van der Waals surface area contributed by atoms with E-state index in [1.165, 1.54) is 6.33 Å². The molecular formula is C12H16N6O2. The second-order valence-corrected chi connectivity index (χ2v) is 4.46. The SMILES string of the molecule is COc1ccnc(N2CCO[C@H](Cn3cncn3)C2)n1. The predicted molar refractivity (Wildman–Crippen MR) is 70.6 cm³/mol. The van der Waals surface area contributed by atoms with E-state index in [9.17, 15) is 0 Å². The molecule has 0 unspecified atom stereocenters. The van der Waals surface area contributed by atoms with E-state index in [1.807, 2.05) is 0 Å². The Morgan fingerprint density at radius 1 is 1.50 bits per heavy atom. The number of hydrogen-bond donors (Lipinski definition) is 0. The zero-order chi connectivity index (χ0) is 13.8. The Morgan fingerprint density at radius 3 is 3.25 bits per heavy atom. The van der Waals surface area contributed by atoms with Crippen molar-refractivity contribution in [2.24, 2.45) is 0 Å². The minimum Gasteiger partial charge on any atom is -0.481 e. The summed E-state index contributed by atoms with van der Waals surface area (Å²) in [5, 5.41) is 4.09. The van der Waals surface area contributed by atoms with E-state index >= 15 is 0 Å². The van der Waals surface area contributed by atoms with E-state index in [-0.39, 0.29) is 6.10 Å². The number of ether oxygens (including phenoxy) is 2. The average Bonchev–Trinajstić information content (AvgIpc) is 3.00. The Hall–Kier alpha value is -2.22. The molecule has 1 atom stereocenters. The second kappa shape index (κ2) is 5.83. The Bertz CT molecular complexity index is 547. The van der Waals surface area contributed by atoms with Gasteiger partial charge in [0.1, 0.15) is 12.7 Å². The zero-order valence-electron chi connectivity index (χ0n) is 11.2. The van der Waals surface area contributed by atoms with Gasteiger partial charge in [-0.1, -0.05) is 0 Å². The molecule has 20 heavy (non-hydrogen) atoms. The van der Waals surface area contributed by atoms with Gasteiger partial charge in [0.25, 0.3) is 0 Å². The minimum atomic E-state index is 0.0419. The normalized spacial score (nSPS) is 19.1. The van der Waals surface area contributed by atoms with Crippen LogP contribution < -0.4 is 9.64 Å². The van der Waals surface area contributed by atoms with Crippen LogP contribution in [0.3, 0.4) is 0 Å². The molecule has 0 saturated carbocycles. The highest BCUT2D eigenvalue weighted by Crippen LogP contribution is 2.16. The summed E-state index contributed by atoms with van der Waals surface area (Å²) in [5.41, 5.74) is 0. The number of rotatable bonds is 4. The Balaban J connectivity index is 1.68. The summed E-state index contributed by atoms with van der Waals surface area (Å²) in [6.45, 7) is 2.79. The molecule has 0 spiro atoms. The Morgan fingerprint density at radius 2 is 2.45 bits per heavy atom. The molecule has 3 rings (SSSR count). The fourth-order valence-corrected chi connectivity index (χ4v) is 2.15. The van der Waals surface area contributed by atoms with Gasteiger partial charge in [-0.05, 0) is 0 Å². The lowest BCUT2D eigenvalue weighted by atomic mass is 10.3. The van der Waals surface area contributed by atoms with Crippen molar-refractivity contribution < 1.29 is 9.47 Å². The first kappa shape index (κ1) is 12.8. The third-order valence-corrected chi connectivity index (χ3v) is 3.11. The molecule has 2 aromatic rings. The van der Waals surface area contributed by atoms with Crippen molar-refractivity contribution >= 4 is 5.95 Å². The number of aromatic nitrogens is 5. The summed E-state index contributed by atoms with van der Waals surface area (Å²) in [6, 6.07) is 1.73. The van der Waals surface area contributed by atoms with Crippen molar-refractivity contribution in [1.82, 2.24) is 24.7 Å². The summed E-state index contributed by atoms with van der Waals surface area (Å²) in [7, 11) is 1.60. The molecule has 2 aromatic heterocycles. The topological polar surface area (TPSA) is 78.2 Å². The summed E-state index contributed by atoms with van der Waals surface area (Å²) in [5.74, 6) is 1.23. The molecule has 106 valence electrons. The average molecular weight is 276 g/mol. The van der Waals surface area contributed by atoms with Crippen LogP contribution in [-0.4, -0.2) is 57.6 Å². The van der Waals surface area contributed by atoms with Crippen LogP contribution in [0.25, 0.3) is 0 Å². The van der Waals surface area contributed by atoms with Crippen molar-refractivity contribution in [2.75, 3.05) is 31.7 Å². The highest BCUT2D eigenvalue weighted by atomic mass is 16.5. The molecule has 0 radical (unpaired) electrons. The number of anilines is 1. The molecule has 0 aliphatic carbocycles. The molecule has 1 fully saturated rings. The van der Waals surface area contributed by atoms with Crippen LogP contribution in [0.15, 0.2) is 24.9 Å². The van der Waals surface area contributed by atoms with Crippen LogP contribution >= 0.6 is 0 Å². The van der Waals surface area contributed by atoms with Gasteiger partial charge >= 0.3 is 0 Å². The minimum absolute atomic E-state index is 0.0419. The standard InChI is InChI=1S/C12H16N6O2/c1-19-11-2-3-14-12(16-11)17-4-5-20-10(6-17)7-18-9-13-8-15-18/h2-3,8-10H,4-7H2,1H3/t10-/m0/s1. The van der Waals surface area contributed by atoms with Gasteiger partial charge in [0, 0.05) is 25.4 Å². The number of methoxy groups -OCH3 is 1. The van der Waals surface area contributed by atoms with E-state index in [0.29, 0.717) is 31.5 Å². The molecule has 1 aliphatic heterocycles. The van der Waals surface area contributed by atoms with Crippen molar-refractivity contribution in [3.8, 4) is 5.88 Å². The third kappa shape index (κ3) is 2.85. The van der Waals surface area contributed by atoms with E-state index in [2.05, 4.69) is 25.0 Å². The molecule has 0 amide bonds.